The zero-order valence-corrected chi connectivity index (χ0v) is 12.2. The lowest BCUT2D eigenvalue weighted by Gasteiger charge is -2.15. The molecule has 2 rings (SSSR count). The number of fused-ring (bicyclic) bond motifs is 1. The summed E-state index contributed by atoms with van der Waals surface area (Å²) in [6.07, 6.45) is 2.12. The lowest BCUT2D eigenvalue weighted by molar-refractivity contribution is -0.121. The van der Waals surface area contributed by atoms with Crippen LogP contribution in [-0.4, -0.2) is 18.5 Å². The summed E-state index contributed by atoms with van der Waals surface area (Å²) in [4.78, 5) is 11.9. The van der Waals surface area contributed by atoms with Crippen molar-refractivity contribution in [3.05, 3.63) is 29.6 Å². The molecule has 0 spiro atoms. The first kappa shape index (κ1) is 13.9. The van der Waals surface area contributed by atoms with Crippen LogP contribution in [0.2, 0.25) is 0 Å². The van der Waals surface area contributed by atoms with Gasteiger partial charge in [0.05, 0.1) is 0 Å². The summed E-state index contributed by atoms with van der Waals surface area (Å²) in [5, 5.41) is 9.47. The zero-order chi connectivity index (χ0) is 13.7. The SMILES string of the molecule is CCCCNC(=O)C(C)Nc1ccc2sccc2c1. The summed E-state index contributed by atoms with van der Waals surface area (Å²) >= 11 is 1.73. The fourth-order valence-corrected chi connectivity index (χ4v) is 2.68. The molecule has 3 nitrogen and oxygen atoms in total. The van der Waals surface area contributed by atoms with Gasteiger partial charge in [0.2, 0.25) is 5.91 Å². The Hall–Kier alpha value is -1.55. The predicted octanol–water partition coefficient (Wildman–Crippen LogP) is 3.62. The number of carbonyl (C=O) groups is 1. The fourth-order valence-electron chi connectivity index (χ4n) is 1.91. The maximum atomic E-state index is 11.9. The number of rotatable bonds is 6. The lowest BCUT2D eigenvalue weighted by Crippen LogP contribution is -2.37. The molecule has 0 bridgehead atoms. The number of hydrogen-bond acceptors (Lipinski definition) is 3. The van der Waals surface area contributed by atoms with Crippen LogP contribution < -0.4 is 10.6 Å². The van der Waals surface area contributed by atoms with Crippen molar-refractivity contribution in [2.24, 2.45) is 0 Å². The van der Waals surface area contributed by atoms with Crippen LogP contribution in [0.4, 0.5) is 5.69 Å². The summed E-state index contributed by atoms with van der Waals surface area (Å²) < 4.78 is 1.27. The van der Waals surface area contributed by atoms with Crippen LogP contribution >= 0.6 is 11.3 Å². The molecule has 0 saturated heterocycles. The van der Waals surface area contributed by atoms with Crippen molar-refractivity contribution in [3.63, 3.8) is 0 Å². The van der Waals surface area contributed by atoms with Gasteiger partial charge in [-0.25, -0.2) is 0 Å². The summed E-state index contributed by atoms with van der Waals surface area (Å²) in [5.41, 5.74) is 0.990. The monoisotopic (exact) mass is 276 g/mol. The van der Waals surface area contributed by atoms with Crippen LogP contribution in [0, 0.1) is 0 Å². The van der Waals surface area contributed by atoms with Crippen LogP contribution in [0.15, 0.2) is 29.6 Å². The second kappa shape index (κ2) is 6.57. The van der Waals surface area contributed by atoms with E-state index in [9.17, 15) is 4.79 Å². The first-order valence-corrected chi connectivity index (χ1v) is 7.60. The van der Waals surface area contributed by atoms with Gasteiger partial charge in [0.15, 0.2) is 0 Å². The number of nitrogens with one attached hydrogen (secondary N) is 2. The highest BCUT2D eigenvalue weighted by molar-refractivity contribution is 7.17. The molecule has 1 aromatic carbocycles. The number of thiophene rings is 1. The number of carbonyl (C=O) groups excluding carboxylic acids is 1. The van der Waals surface area contributed by atoms with Gasteiger partial charge in [-0.05, 0) is 48.4 Å². The molecule has 2 N–H and O–H groups in total. The largest absolute Gasteiger partial charge is 0.374 e. The molecule has 1 amide bonds. The van der Waals surface area contributed by atoms with Gasteiger partial charge in [0.25, 0.3) is 0 Å². The van der Waals surface area contributed by atoms with Gasteiger partial charge in [-0.1, -0.05) is 13.3 Å². The summed E-state index contributed by atoms with van der Waals surface area (Å²) in [7, 11) is 0. The van der Waals surface area contributed by atoms with Gasteiger partial charge in [-0.3, -0.25) is 4.79 Å². The molecule has 0 saturated carbocycles. The molecule has 0 aliphatic carbocycles. The summed E-state index contributed by atoms with van der Waals surface area (Å²) in [6, 6.07) is 8.07. The molecule has 1 unspecified atom stereocenters. The fraction of sp³-hybridized carbons (Fsp3) is 0.400. The smallest absolute Gasteiger partial charge is 0.242 e. The van der Waals surface area contributed by atoms with E-state index in [-0.39, 0.29) is 11.9 Å². The van der Waals surface area contributed by atoms with E-state index in [1.165, 1.54) is 10.1 Å². The molecule has 2 aromatic rings. The third-order valence-corrected chi connectivity index (χ3v) is 3.96. The van der Waals surface area contributed by atoms with Crippen LogP contribution in [0.3, 0.4) is 0 Å². The Balaban J connectivity index is 1.93. The van der Waals surface area contributed by atoms with Crippen LogP contribution in [0.25, 0.3) is 10.1 Å². The van der Waals surface area contributed by atoms with Gasteiger partial charge < -0.3 is 10.6 Å². The highest BCUT2D eigenvalue weighted by Gasteiger charge is 2.11. The van der Waals surface area contributed by atoms with E-state index in [4.69, 9.17) is 0 Å². The maximum absolute atomic E-state index is 11.9. The molecule has 1 heterocycles. The number of benzene rings is 1. The van der Waals surface area contributed by atoms with Crippen LogP contribution in [-0.2, 0) is 4.79 Å². The second-order valence-corrected chi connectivity index (χ2v) is 5.63. The molecule has 19 heavy (non-hydrogen) atoms. The van der Waals surface area contributed by atoms with Gasteiger partial charge in [-0.15, -0.1) is 11.3 Å². The zero-order valence-electron chi connectivity index (χ0n) is 11.4. The molecule has 0 aliphatic rings. The summed E-state index contributed by atoms with van der Waals surface area (Å²) in [5.74, 6) is 0.0545. The lowest BCUT2D eigenvalue weighted by atomic mass is 10.2. The van der Waals surface area contributed by atoms with Crippen molar-refractivity contribution in [1.29, 1.82) is 0 Å². The Bertz CT molecular complexity index is 550. The Morgan fingerprint density at radius 3 is 3.00 bits per heavy atom. The highest BCUT2D eigenvalue weighted by Crippen LogP contribution is 2.24. The van der Waals surface area contributed by atoms with Gasteiger partial charge >= 0.3 is 0 Å². The van der Waals surface area contributed by atoms with E-state index in [1.54, 1.807) is 11.3 Å². The van der Waals surface area contributed by atoms with Crippen molar-refractivity contribution in [2.75, 3.05) is 11.9 Å². The molecular weight excluding hydrogens is 256 g/mol. The van der Waals surface area contributed by atoms with Gasteiger partial charge in [0, 0.05) is 16.9 Å². The van der Waals surface area contributed by atoms with Gasteiger partial charge in [-0.2, -0.15) is 0 Å². The van der Waals surface area contributed by atoms with Crippen molar-refractivity contribution in [1.82, 2.24) is 5.32 Å². The molecule has 0 fully saturated rings. The van der Waals surface area contributed by atoms with E-state index in [1.807, 2.05) is 13.0 Å². The molecule has 0 aliphatic heterocycles. The highest BCUT2D eigenvalue weighted by atomic mass is 32.1. The average molecular weight is 276 g/mol. The third kappa shape index (κ3) is 3.70. The van der Waals surface area contributed by atoms with Crippen molar-refractivity contribution in [3.8, 4) is 0 Å². The molecule has 1 atom stereocenters. The van der Waals surface area contributed by atoms with Crippen molar-refractivity contribution < 1.29 is 4.79 Å². The number of amides is 1. The second-order valence-electron chi connectivity index (χ2n) is 4.68. The molecule has 0 radical (unpaired) electrons. The Labute approximate surface area is 118 Å². The predicted molar refractivity (Wildman–Crippen MR) is 82.8 cm³/mol. The molecule has 1 aromatic heterocycles. The minimum atomic E-state index is -0.215. The average Bonchev–Trinajstić information content (AvgIpc) is 2.86. The summed E-state index contributed by atoms with van der Waals surface area (Å²) in [6.45, 7) is 4.76. The normalized spacial score (nSPS) is 12.3. The standard InChI is InChI=1S/C15H20N2OS/c1-3-4-8-16-15(18)11(2)17-13-5-6-14-12(10-13)7-9-19-14/h5-7,9-11,17H,3-4,8H2,1-2H3,(H,16,18). The minimum absolute atomic E-state index is 0.0545. The van der Waals surface area contributed by atoms with E-state index >= 15 is 0 Å². The quantitative estimate of drug-likeness (QED) is 0.791. The Morgan fingerprint density at radius 1 is 1.37 bits per heavy atom. The number of unbranched alkanes of at least 4 members (excludes halogenated alkanes) is 1. The third-order valence-electron chi connectivity index (χ3n) is 3.06. The Kier molecular flexibility index (Phi) is 4.80. The van der Waals surface area contributed by atoms with E-state index < -0.39 is 0 Å². The van der Waals surface area contributed by atoms with E-state index in [0.717, 1.165) is 25.1 Å². The van der Waals surface area contributed by atoms with E-state index in [2.05, 4.69) is 41.1 Å². The van der Waals surface area contributed by atoms with Crippen molar-refractivity contribution in [2.45, 2.75) is 32.7 Å². The first-order chi connectivity index (χ1) is 9.20. The number of anilines is 1. The first-order valence-electron chi connectivity index (χ1n) is 6.72. The minimum Gasteiger partial charge on any atom is -0.374 e. The molecular formula is C15H20N2OS. The van der Waals surface area contributed by atoms with Crippen LogP contribution in [0.5, 0.6) is 0 Å². The van der Waals surface area contributed by atoms with Crippen molar-refractivity contribution >= 4 is 33.0 Å². The van der Waals surface area contributed by atoms with Gasteiger partial charge in [0.1, 0.15) is 6.04 Å². The maximum Gasteiger partial charge on any atom is 0.242 e. The Morgan fingerprint density at radius 2 is 2.21 bits per heavy atom. The molecule has 102 valence electrons. The number of hydrogen-bond donors (Lipinski definition) is 2. The van der Waals surface area contributed by atoms with E-state index in [0.29, 0.717) is 0 Å². The molecule has 4 heteroatoms. The van der Waals surface area contributed by atoms with Crippen LogP contribution in [0.1, 0.15) is 26.7 Å². The topological polar surface area (TPSA) is 41.1 Å².